The van der Waals surface area contributed by atoms with Crippen LogP contribution in [0.2, 0.25) is 0 Å². The smallest absolute Gasteiger partial charge is 0.166 e. The molecule has 3 aromatic carbocycles. The van der Waals surface area contributed by atoms with Gasteiger partial charge in [-0.15, -0.1) is 0 Å². The van der Waals surface area contributed by atoms with Gasteiger partial charge in [0, 0.05) is 11.1 Å². The zero-order chi connectivity index (χ0) is 29.7. The number of aryl methyl sites for hydroxylation is 1. The molecule has 0 N–H and O–H groups in total. The van der Waals surface area contributed by atoms with Crippen LogP contribution in [0.25, 0.3) is 27.8 Å². The summed E-state index contributed by atoms with van der Waals surface area (Å²) < 4.78 is 45.2. The maximum Gasteiger partial charge on any atom is 0.166 e. The van der Waals surface area contributed by atoms with Crippen LogP contribution in [0.15, 0.2) is 60.7 Å². The molecule has 0 radical (unpaired) electrons. The Morgan fingerprint density at radius 2 is 1.24 bits per heavy atom. The Hall–Kier alpha value is -2.81. The van der Waals surface area contributed by atoms with Crippen LogP contribution in [-0.4, -0.2) is 0 Å². The van der Waals surface area contributed by atoms with Crippen LogP contribution in [0.1, 0.15) is 121 Å². The van der Waals surface area contributed by atoms with Crippen LogP contribution in [0.5, 0.6) is 0 Å². The van der Waals surface area contributed by atoms with E-state index in [1.54, 1.807) is 30.3 Å². The zero-order valence-electron chi connectivity index (χ0n) is 25.8. The summed E-state index contributed by atoms with van der Waals surface area (Å²) in [6.45, 7) is 4.45. The molecule has 1 aliphatic carbocycles. The van der Waals surface area contributed by atoms with Crippen molar-refractivity contribution in [2.75, 3.05) is 0 Å². The van der Waals surface area contributed by atoms with Gasteiger partial charge in [0.25, 0.3) is 0 Å². The summed E-state index contributed by atoms with van der Waals surface area (Å²) in [6, 6.07) is 16.2. The summed E-state index contributed by atoms with van der Waals surface area (Å²) in [7, 11) is 0. The van der Waals surface area contributed by atoms with Gasteiger partial charge in [-0.1, -0.05) is 139 Å². The van der Waals surface area contributed by atoms with Gasteiger partial charge < -0.3 is 0 Å². The summed E-state index contributed by atoms with van der Waals surface area (Å²) in [5.41, 5.74) is 4.78. The molecular weight excluding hydrogens is 525 g/mol. The number of hydrogen-bond donors (Lipinski definition) is 0. The number of hydrogen-bond acceptors (Lipinski definition) is 0. The van der Waals surface area contributed by atoms with Crippen LogP contribution >= 0.6 is 0 Å². The van der Waals surface area contributed by atoms with Gasteiger partial charge in [-0.2, -0.15) is 0 Å². The lowest BCUT2D eigenvalue weighted by molar-refractivity contribution is 0.427. The molecule has 0 amide bonds. The summed E-state index contributed by atoms with van der Waals surface area (Å²) in [5, 5.41) is 0. The first-order valence-electron chi connectivity index (χ1n) is 16.6. The first-order valence-corrected chi connectivity index (χ1v) is 16.6. The van der Waals surface area contributed by atoms with E-state index < -0.39 is 11.6 Å². The molecule has 0 nitrogen and oxygen atoms in total. The van der Waals surface area contributed by atoms with Gasteiger partial charge in [0.15, 0.2) is 11.6 Å². The predicted molar refractivity (Wildman–Crippen MR) is 173 cm³/mol. The molecule has 0 bridgehead atoms. The van der Waals surface area contributed by atoms with E-state index in [-0.39, 0.29) is 11.4 Å². The highest BCUT2D eigenvalue weighted by Crippen LogP contribution is 2.36. The molecule has 0 spiro atoms. The van der Waals surface area contributed by atoms with Crippen molar-refractivity contribution < 1.29 is 13.2 Å². The minimum absolute atomic E-state index is 0.201. The summed E-state index contributed by atoms with van der Waals surface area (Å²) in [4.78, 5) is 0. The average Bonchev–Trinajstić information content (AvgIpc) is 3.01. The monoisotopic (exact) mass is 574 g/mol. The number of rotatable bonds is 16. The van der Waals surface area contributed by atoms with E-state index in [1.807, 2.05) is 24.3 Å². The molecule has 0 fully saturated rings. The molecule has 42 heavy (non-hydrogen) atoms. The molecule has 3 heteroatoms. The Bertz CT molecular complexity index is 1290. The molecule has 4 rings (SSSR count). The van der Waals surface area contributed by atoms with Gasteiger partial charge in [-0.3, -0.25) is 0 Å². The zero-order valence-corrected chi connectivity index (χ0v) is 25.8. The number of allylic oxidation sites excluding steroid dienone is 2. The molecule has 0 aliphatic heterocycles. The highest BCUT2D eigenvalue weighted by molar-refractivity contribution is 5.74. The second-order valence-electron chi connectivity index (χ2n) is 12.3. The molecule has 3 aromatic rings. The third kappa shape index (κ3) is 8.85. The standard InChI is InChI=1S/C39H49F3/c1-3-5-7-8-9-10-11-13-15-33-24-27-36(39(42)38(33)41)32-22-20-30(21-23-32)34-25-26-35(37(40)28-34)31-18-16-29(17-19-31)14-12-6-4-2/h18,20-29H,3-17,19H2,1-2H3. The van der Waals surface area contributed by atoms with Gasteiger partial charge in [-0.25, -0.2) is 13.2 Å². The Kier molecular flexibility index (Phi) is 12.8. The van der Waals surface area contributed by atoms with Crippen LogP contribution < -0.4 is 0 Å². The van der Waals surface area contributed by atoms with E-state index in [2.05, 4.69) is 19.9 Å². The number of halogens is 3. The van der Waals surface area contributed by atoms with E-state index in [4.69, 9.17) is 0 Å². The average molecular weight is 575 g/mol. The predicted octanol–water partition coefficient (Wildman–Crippen LogP) is 12.9. The Labute approximate surface area is 252 Å². The Morgan fingerprint density at radius 3 is 1.90 bits per heavy atom. The highest BCUT2D eigenvalue weighted by Gasteiger charge is 2.18. The molecule has 1 unspecified atom stereocenters. The van der Waals surface area contributed by atoms with Gasteiger partial charge in [-0.05, 0) is 71.9 Å². The lowest BCUT2D eigenvalue weighted by atomic mass is 9.83. The maximum absolute atomic E-state index is 15.2. The molecule has 1 atom stereocenters. The van der Waals surface area contributed by atoms with Crippen molar-refractivity contribution in [2.45, 2.75) is 117 Å². The first-order chi connectivity index (χ1) is 20.5. The Balaban J connectivity index is 1.35. The van der Waals surface area contributed by atoms with Crippen LogP contribution in [0.4, 0.5) is 13.2 Å². The van der Waals surface area contributed by atoms with E-state index >= 15 is 8.78 Å². The van der Waals surface area contributed by atoms with Gasteiger partial charge in [0.05, 0.1) is 0 Å². The summed E-state index contributed by atoms with van der Waals surface area (Å²) in [5.74, 6) is -0.997. The fourth-order valence-corrected chi connectivity index (χ4v) is 6.33. The third-order valence-corrected chi connectivity index (χ3v) is 9.04. The maximum atomic E-state index is 15.2. The van der Waals surface area contributed by atoms with Crippen molar-refractivity contribution >= 4 is 5.57 Å². The fourth-order valence-electron chi connectivity index (χ4n) is 6.33. The van der Waals surface area contributed by atoms with Crippen molar-refractivity contribution in [3.05, 3.63) is 89.3 Å². The molecule has 226 valence electrons. The van der Waals surface area contributed by atoms with Crippen LogP contribution in [-0.2, 0) is 6.42 Å². The number of unbranched alkanes of at least 4 members (excludes halogenated alkanes) is 9. The minimum atomic E-state index is -0.788. The normalized spacial score (nSPS) is 15.2. The second kappa shape index (κ2) is 16.7. The van der Waals surface area contributed by atoms with Gasteiger partial charge in [0.2, 0.25) is 0 Å². The van der Waals surface area contributed by atoms with Crippen molar-refractivity contribution in [2.24, 2.45) is 5.92 Å². The van der Waals surface area contributed by atoms with Crippen molar-refractivity contribution in [1.29, 1.82) is 0 Å². The second-order valence-corrected chi connectivity index (χ2v) is 12.3. The van der Waals surface area contributed by atoms with Gasteiger partial charge >= 0.3 is 0 Å². The molecular formula is C39H49F3. The van der Waals surface area contributed by atoms with E-state index in [0.29, 0.717) is 23.1 Å². The lowest BCUT2D eigenvalue weighted by Gasteiger charge is -2.22. The molecule has 0 aromatic heterocycles. The number of benzene rings is 3. The molecule has 0 saturated carbocycles. The van der Waals surface area contributed by atoms with E-state index in [0.717, 1.165) is 61.1 Å². The Morgan fingerprint density at radius 1 is 0.619 bits per heavy atom. The van der Waals surface area contributed by atoms with Crippen LogP contribution in [0, 0.1) is 23.4 Å². The van der Waals surface area contributed by atoms with Gasteiger partial charge in [0.1, 0.15) is 5.82 Å². The molecule has 1 aliphatic rings. The highest BCUT2D eigenvalue weighted by atomic mass is 19.2. The van der Waals surface area contributed by atoms with Crippen LogP contribution in [0.3, 0.4) is 0 Å². The molecule has 0 saturated heterocycles. The van der Waals surface area contributed by atoms with Crippen molar-refractivity contribution in [3.8, 4) is 22.3 Å². The summed E-state index contributed by atoms with van der Waals surface area (Å²) >= 11 is 0. The fraction of sp³-hybridized carbons (Fsp3) is 0.487. The quantitative estimate of drug-likeness (QED) is 0.149. The largest absolute Gasteiger partial charge is 0.206 e. The first kappa shape index (κ1) is 32.1. The minimum Gasteiger partial charge on any atom is -0.206 e. The van der Waals surface area contributed by atoms with Crippen molar-refractivity contribution in [3.63, 3.8) is 0 Å². The van der Waals surface area contributed by atoms with E-state index in [9.17, 15) is 4.39 Å². The third-order valence-electron chi connectivity index (χ3n) is 9.04. The lowest BCUT2D eigenvalue weighted by Crippen LogP contribution is -2.06. The van der Waals surface area contributed by atoms with Crippen molar-refractivity contribution in [1.82, 2.24) is 0 Å². The SMILES string of the molecule is CCCCCCCCCCc1ccc(-c2ccc(-c3ccc(C4=CCC(CCCCC)CC4)c(F)c3)cc2)c(F)c1F. The summed E-state index contributed by atoms with van der Waals surface area (Å²) in [6.07, 6.45) is 20.4. The topological polar surface area (TPSA) is 0 Å². The van der Waals surface area contributed by atoms with E-state index in [1.165, 1.54) is 57.8 Å². The molecule has 0 heterocycles.